The third-order valence-electron chi connectivity index (χ3n) is 2.62. The van der Waals surface area contributed by atoms with Crippen molar-refractivity contribution in [2.45, 2.75) is 17.6 Å². The fourth-order valence-corrected chi connectivity index (χ4v) is 3.10. The van der Waals surface area contributed by atoms with Gasteiger partial charge in [-0.1, -0.05) is 12.1 Å². The van der Waals surface area contributed by atoms with Gasteiger partial charge < -0.3 is 5.73 Å². The van der Waals surface area contributed by atoms with Crippen molar-refractivity contribution in [3.8, 4) is 0 Å². The van der Waals surface area contributed by atoms with E-state index in [1.807, 2.05) is 18.2 Å². The minimum absolute atomic E-state index is 0.161. The molecule has 0 bridgehead atoms. The largest absolute Gasteiger partial charge is 0.399 e. The topological polar surface area (TPSA) is 60.2 Å². The van der Waals surface area contributed by atoms with Gasteiger partial charge in [-0.05, 0) is 24.1 Å². The summed E-state index contributed by atoms with van der Waals surface area (Å²) in [7, 11) is -2.88. The van der Waals surface area contributed by atoms with Gasteiger partial charge in [-0.15, -0.1) is 0 Å². The third-order valence-corrected chi connectivity index (χ3v) is 4.24. The average Bonchev–Trinajstić information content (AvgIpc) is 2.81. The SMILES string of the molecule is CS(=O)(=O)[C@@H]1C[C@@H]1c1cccc(N)c1. The van der Waals surface area contributed by atoms with Crippen molar-refractivity contribution in [2.24, 2.45) is 0 Å². The lowest BCUT2D eigenvalue weighted by atomic mass is 10.1. The lowest BCUT2D eigenvalue weighted by Crippen LogP contribution is -2.05. The normalized spacial score (nSPS) is 26.1. The van der Waals surface area contributed by atoms with Crippen molar-refractivity contribution in [1.29, 1.82) is 0 Å². The van der Waals surface area contributed by atoms with Crippen molar-refractivity contribution < 1.29 is 8.42 Å². The van der Waals surface area contributed by atoms with Crippen LogP contribution in [0.3, 0.4) is 0 Å². The molecule has 0 aliphatic heterocycles. The summed E-state index contributed by atoms with van der Waals surface area (Å²) in [4.78, 5) is 0. The number of rotatable bonds is 2. The first-order chi connectivity index (χ1) is 6.48. The highest BCUT2D eigenvalue weighted by Crippen LogP contribution is 2.45. The Balaban J connectivity index is 2.22. The first-order valence-electron chi connectivity index (χ1n) is 4.53. The van der Waals surface area contributed by atoms with E-state index in [0.29, 0.717) is 5.69 Å². The van der Waals surface area contributed by atoms with Crippen molar-refractivity contribution in [3.05, 3.63) is 29.8 Å². The minimum atomic E-state index is -2.88. The molecule has 1 aromatic rings. The highest BCUT2D eigenvalue weighted by Gasteiger charge is 2.45. The van der Waals surface area contributed by atoms with Gasteiger partial charge in [0.25, 0.3) is 0 Å². The average molecular weight is 211 g/mol. The van der Waals surface area contributed by atoms with Crippen molar-refractivity contribution in [3.63, 3.8) is 0 Å². The van der Waals surface area contributed by atoms with Crippen molar-refractivity contribution in [1.82, 2.24) is 0 Å². The zero-order valence-electron chi connectivity index (χ0n) is 7.97. The molecule has 14 heavy (non-hydrogen) atoms. The summed E-state index contributed by atoms with van der Waals surface area (Å²) in [6.45, 7) is 0. The Hall–Kier alpha value is -1.03. The van der Waals surface area contributed by atoms with Crippen LogP contribution in [0, 0.1) is 0 Å². The molecule has 3 nitrogen and oxygen atoms in total. The van der Waals surface area contributed by atoms with E-state index in [1.54, 1.807) is 6.07 Å². The molecule has 2 N–H and O–H groups in total. The molecule has 0 saturated heterocycles. The van der Waals surface area contributed by atoms with E-state index in [4.69, 9.17) is 5.73 Å². The van der Waals surface area contributed by atoms with Crippen LogP contribution in [0.15, 0.2) is 24.3 Å². The van der Waals surface area contributed by atoms with E-state index in [9.17, 15) is 8.42 Å². The number of hydrogen-bond donors (Lipinski definition) is 1. The van der Waals surface area contributed by atoms with Gasteiger partial charge >= 0.3 is 0 Å². The molecule has 0 amide bonds. The van der Waals surface area contributed by atoms with Gasteiger partial charge in [-0.2, -0.15) is 0 Å². The fraction of sp³-hybridized carbons (Fsp3) is 0.400. The summed E-state index contributed by atoms with van der Waals surface area (Å²) >= 11 is 0. The Labute approximate surface area is 83.9 Å². The summed E-state index contributed by atoms with van der Waals surface area (Å²) in [6.07, 6.45) is 2.03. The second kappa shape index (κ2) is 2.98. The van der Waals surface area contributed by atoms with Crippen molar-refractivity contribution >= 4 is 15.5 Å². The highest BCUT2D eigenvalue weighted by atomic mass is 32.2. The monoisotopic (exact) mass is 211 g/mol. The molecule has 76 valence electrons. The van der Waals surface area contributed by atoms with Crippen LogP contribution in [0.25, 0.3) is 0 Å². The zero-order valence-corrected chi connectivity index (χ0v) is 8.79. The number of anilines is 1. The molecular formula is C10H13NO2S. The molecule has 1 saturated carbocycles. The summed E-state index contributed by atoms with van der Waals surface area (Å²) in [5.74, 6) is 0.161. The molecule has 0 radical (unpaired) electrons. The van der Waals surface area contributed by atoms with Crippen LogP contribution in [0.4, 0.5) is 5.69 Å². The Morgan fingerprint density at radius 1 is 1.43 bits per heavy atom. The maximum Gasteiger partial charge on any atom is 0.150 e. The fourth-order valence-electron chi connectivity index (χ4n) is 1.79. The molecule has 2 atom stereocenters. The van der Waals surface area contributed by atoms with Crippen LogP contribution < -0.4 is 5.73 Å². The predicted molar refractivity (Wildman–Crippen MR) is 56.8 cm³/mol. The quantitative estimate of drug-likeness (QED) is 0.747. The standard InChI is InChI=1S/C10H13NO2S/c1-14(12,13)10-6-9(10)7-3-2-4-8(11)5-7/h2-5,9-10H,6,11H2,1H3/t9-,10-/m1/s1. The molecule has 1 aliphatic carbocycles. The first kappa shape index (κ1) is 9.52. The van der Waals surface area contributed by atoms with Gasteiger partial charge in [-0.3, -0.25) is 0 Å². The van der Waals surface area contributed by atoms with E-state index in [2.05, 4.69) is 0 Å². The van der Waals surface area contributed by atoms with E-state index >= 15 is 0 Å². The summed E-state index contributed by atoms with van der Waals surface area (Å²) in [6, 6.07) is 7.46. The summed E-state index contributed by atoms with van der Waals surface area (Å²) < 4.78 is 22.5. The van der Waals surface area contributed by atoms with E-state index in [-0.39, 0.29) is 11.2 Å². The van der Waals surface area contributed by atoms with Crippen LogP contribution >= 0.6 is 0 Å². The van der Waals surface area contributed by atoms with Gasteiger partial charge in [-0.25, -0.2) is 8.42 Å². The Bertz CT molecular complexity index is 453. The molecule has 1 fully saturated rings. The first-order valence-corrected chi connectivity index (χ1v) is 6.48. The van der Waals surface area contributed by atoms with E-state index in [0.717, 1.165) is 12.0 Å². The number of sulfone groups is 1. The van der Waals surface area contributed by atoms with Crippen molar-refractivity contribution in [2.75, 3.05) is 12.0 Å². The number of nitrogens with two attached hydrogens (primary N) is 1. The number of hydrogen-bond acceptors (Lipinski definition) is 3. The maximum atomic E-state index is 11.2. The third kappa shape index (κ3) is 1.75. The van der Waals surface area contributed by atoms with Crippen LogP contribution in [-0.2, 0) is 9.84 Å². The molecule has 1 aliphatic rings. The van der Waals surface area contributed by atoms with Gasteiger partial charge in [0.05, 0.1) is 5.25 Å². The molecule has 0 spiro atoms. The Morgan fingerprint density at radius 3 is 2.64 bits per heavy atom. The second-order valence-corrected chi connectivity index (χ2v) is 6.14. The Morgan fingerprint density at radius 2 is 2.14 bits per heavy atom. The zero-order chi connectivity index (χ0) is 10.3. The number of nitrogen functional groups attached to an aromatic ring is 1. The molecule has 2 rings (SSSR count). The number of benzene rings is 1. The summed E-state index contributed by atoms with van der Waals surface area (Å²) in [5, 5.41) is -0.190. The minimum Gasteiger partial charge on any atom is -0.399 e. The highest BCUT2D eigenvalue weighted by molar-refractivity contribution is 7.91. The predicted octanol–water partition coefficient (Wildman–Crippen LogP) is 1.17. The van der Waals surface area contributed by atoms with E-state index < -0.39 is 9.84 Å². The molecular weight excluding hydrogens is 198 g/mol. The van der Waals surface area contributed by atoms with E-state index in [1.165, 1.54) is 6.26 Å². The molecule has 0 unspecified atom stereocenters. The maximum absolute atomic E-state index is 11.2. The lowest BCUT2D eigenvalue weighted by Gasteiger charge is -2.00. The lowest BCUT2D eigenvalue weighted by molar-refractivity contribution is 0.600. The van der Waals surface area contributed by atoms with Crippen LogP contribution in [0.2, 0.25) is 0 Å². The Kier molecular flexibility index (Phi) is 2.03. The summed E-state index contributed by atoms with van der Waals surface area (Å²) in [5.41, 5.74) is 7.37. The van der Waals surface area contributed by atoms with Gasteiger partial charge in [0.15, 0.2) is 9.84 Å². The van der Waals surface area contributed by atoms with Crippen LogP contribution in [-0.4, -0.2) is 19.9 Å². The molecule has 4 heteroatoms. The second-order valence-electron chi connectivity index (χ2n) is 3.88. The molecule has 0 aromatic heterocycles. The smallest absolute Gasteiger partial charge is 0.150 e. The van der Waals surface area contributed by atoms with Gasteiger partial charge in [0.1, 0.15) is 0 Å². The van der Waals surface area contributed by atoms with Crippen LogP contribution in [0.5, 0.6) is 0 Å². The molecule has 1 aromatic carbocycles. The van der Waals surface area contributed by atoms with Gasteiger partial charge in [0, 0.05) is 17.9 Å². The molecule has 0 heterocycles. The van der Waals surface area contributed by atoms with Crippen LogP contribution in [0.1, 0.15) is 17.9 Å². The van der Waals surface area contributed by atoms with Gasteiger partial charge in [0.2, 0.25) is 0 Å².